The van der Waals surface area contributed by atoms with Crippen molar-refractivity contribution in [1.29, 1.82) is 0 Å². The Bertz CT molecular complexity index is 893. The number of piperazine rings is 2. The second-order valence-corrected chi connectivity index (χ2v) is 10.7. The molecular weight excluding hydrogens is 448 g/mol. The van der Waals surface area contributed by atoms with Crippen LogP contribution in [-0.4, -0.2) is 83.8 Å². The second-order valence-electron chi connectivity index (χ2n) is 10.7. The molecule has 0 unspecified atom stereocenters. The molecule has 0 aromatic heterocycles. The summed E-state index contributed by atoms with van der Waals surface area (Å²) in [6.45, 7) is 8.92. The van der Waals surface area contributed by atoms with Gasteiger partial charge in [0.1, 0.15) is 0 Å². The van der Waals surface area contributed by atoms with E-state index in [9.17, 15) is 9.59 Å². The molecule has 2 amide bonds. The average Bonchev–Trinajstić information content (AvgIpc) is 2.94. The highest BCUT2D eigenvalue weighted by Crippen LogP contribution is 2.32. The number of hydrogen-bond acceptors (Lipinski definition) is 4. The fraction of sp³-hybridized carbons (Fsp3) is 0.533. The largest absolute Gasteiger partial charge is 0.340 e. The van der Waals surface area contributed by atoms with Crippen LogP contribution in [0, 0.1) is 11.8 Å². The number of benzene rings is 2. The minimum absolute atomic E-state index is 0.0949. The molecule has 1 saturated carbocycles. The molecule has 0 spiro atoms. The lowest BCUT2D eigenvalue weighted by atomic mass is 9.80. The van der Waals surface area contributed by atoms with Gasteiger partial charge in [-0.2, -0.15) is 0 Å². The van der Waals surface area contributed by atoms with Crippen LogP contribution >= 0.6 is 0 Å². The first-order chi connectivity index (χ1) is 17.7. The van der Waals surface area contributed by atoms with E-state index in [1.807, 2.05) is 0 Å². The summed E-state index contributed by atoms with van der Waals surface area (Å²) in [6, 6.07) is 21.1. The maximum absolute atomic E-state index is 13.2. The molecule has 2 aromatic rings. The Kier molecular flexibility index (Phi) is 8.34. The summed E-state index contributed by atoms with van der Waals surface area (Å²) in [5.41, 5.74) is 2.66. The lowest BCUT2D eigenvalue weighted by molar-refractivity contribution is -0.143. The normalized spacial score (nSPS) is 24.0. The van der Waals surface area contributed by atoms with Gasteiger partial charge in [0.25, 0.3) is 0 Å². The molecule has 3 fully saturated rings. The minimum Gasteiger partial charge on any atom is -0.340 e. The average molecular weight is 489 g/mol. The van der Waals surface area contributed by atoms with Gasteiger partial charge < -0.3 is 9.80 Å². The molecule has 192 valence electrons. The molecular formula is C30H40N4O2. The summed E-state index contributed by atoms with van der Waals surface area (Å²) in [7, 11) is 0. The molecule has 0 bridgehead atoms. The molecule has 2 aliphatic heterocycles. The summed E-state index contributed by atoms with van der Waals surface area (Å²) < 4.78 is 0. The summed E-state index contributed by atoms with van der Waals surface area (Å²) in [4.78, 5) is 35.4. The van der Waals surface area contributed by atoms with Gasteiger partial charge in [0.05, 0.1) is 0 Å². The van der Waals surface area contributed by atoms with Crippen LogP contribution in [0.1, 0.15) is 36.8 Å². The Hall–Kier alpha value is -2.70. The molecule has 6 heteroatoms. The summed E-state index contributed by atoms with van der Waals surface area (Å²) in [6.07, 6.45) is 3.42. The fourth-order valence-corrected chi connectivity index (χ4v) is 6.04. The Balaban J connectivity index is 1.02. The summed E-state index contributed by atoms with van der Waals surface area (Å²) in [5, 5.41) is 0. The lowest BCUT2D eigenvalue weighted by Gasteiger charge is -2.39. The Morgan fingerprint density at radius 1 is 0.528 bits per heavy atom. The number of rotatable bonds is 6. The van der Waals surface area contributed by atoms with Gasteiger partial charge in [-0.3, -0.25) is 19.4 Å². The van der Waals surface area contributed by atoms with Gasteiger partial charge >= 0.3 is 0 Å². The minimum atomic E-state index is 0.0949. The van der Waals surface area contributed by atoms with Crippen LogP contribution in [-0.2, 0) is 22.7 Å². The molecule has 1 aliphatic carbocycles. The third-order valence-electron chi connectivity index (χ3n) is 8.29. The monoisotopic (exact) mass is 488 g/mol. The molecule has 0 radical (unpaired) electrons. The molecule has 6 nitrogen and oxygen atoms in total. The van der Waals surface area contributed by atoms with E-state index in [1.54, 1.807) is 0 Å². The number of nitrogens with zero attached hydrogens (tertiary/aromatic N) is 4. The Morgan fingerprint density at radius 2 is 0.861 bits per heavy atom. The molecule has 2 heterocycles. The smallest absolute Gasteiger partial charge is 0.225 e. The van der Waals surface area contributed by atoms with Gasteiger partial charge in [-0.15, -0.1) is 0 Å². The SMILES string of the molecule is O=C(C1CCC(C(=O)N2CCN(Cc3ccccc3)CC2)CC1)N1CCN(Cc2ccccc2)CC1. The molecule has 2 aromatic carbocycles. The number of amides is 2. The van der Waals surface area contributed by atoms with E-state index in [1.165, 1.54) is 11.1 Å². The third kappa shape index (κ3) is 6.34. The zero-order chi connectivity index (χ0) is 24.7. The van der Waals surface area contributed by atoms with Crippen molar-refractivity contribution in [3.8, 4) is 0 Å². The first-order valence-corrected chi connectivity index (χ1v) is 13.8. The van der Waals surface area contributed by atoms with Crippen LogP contribution in [0.15, 0.2) is 60.7 Å². The van der Waals surface area contributed by atoms with E-state index < -0.39 is 0 Å². The highest BCUT2D eigenvalue weighted by atomic mass is 16.2. The van der Waals surface area contributed by atoms with Crippen LogP contribution < -0.4 is 0 Å². The standard InChI is InChI=1S/C30H40N4O2/c35-29(33-19-15-31(16-20-33)23-25-7-3-1-4-8-25)27-11-13-28(14-12-27)30(36)34-21-17-32(18-22-34)24-26-9-5-2-6-10-26/h1-10,27-28H,11-24H2. The van der Waals surface area contributed by atoms with Crippen molar-refractivity contribution >= 4 is 11.8 Å². The molecule has 5 rings (SSSR count). The zero-order valence-electron chi connectivity index (χ0n) is 21.4. The maximum atomic E-state index is 13.2. The quantitative estimate of drug-likeness (QED) is 0.625. The predicted octanol–water partition coefficient (Wildman–Crippen LogP) is 3.48. The van der Waals surface area contributed by atoms with Gasteiger partial charge in [-0.1, -0.05) is 60.7 Å². The highest BCUT2D eigenvalue weighted by Gasteiger charge is 2.35. The van der Waals surface area contributed by atoms with Gasteiger partial charge in [0, 0.05) is 77.3 Å². The van der Waals surface area contributed by atoms with Crippen LogP contribution in [0.25, 0.3) is 0 Å². The van der Waals surface area contributed by atoms with Crippen molar-refractivity contribution in [2.24, 2.45) is 11.8 Å². The maximum Gasteiger partial charge on any atom is 0.225 e. The van der Waals surface area contributed by atoms with Crippen LogP contribution in [0.5, 0.6) is 0 Å². The van der Waals surface area contributed by atoms with E-state index in [0.717, 1.165) is 91.1 Å². The Morgan fingerprint density at radius 3 is 1.19 bits per heavy atom. The number of carbonyl (C=O) groups is 2. The zero-order valence-corrected chi connectivity index (χ0v) is 21.4. The van der Waals surface area contributed by atoms with Crippen molar-refractivity contribution in [1.82, 2.24) is 19.6 Å². The molecule has 36 heavy (non-hydrogen) atoms. The third-order valence-corrected chi connectivity index (χ3v) is 8.29. The van der Waals surface area contributed by atoms with Crippen LogP contribution in [0.3, 0.4) is 0 Å². The summed E-state index contributed by atoms with van der Waals surface area (Å²) >= 11 is 0. The van der Waals surface area contributed by atoms with Crippen molar-refractivity contribution < 1.29 is 9.59 Å². The second kappa shape index (κ2) is 12.0. The van der Waals surface area contributed by atoms with Gasteiger partial charge in [0.15, 0.2) is 0 Å². The lowest BCUT2D eigenvalue weighted by Crippen LogP contribution is -2.51. The van der Waals surface area contributed by atoms with Gasteiger partial charge in [-0.05, 0) is 36.8 Å². The van der Waals surface area contributed by atoms with Crippen LogP contribution in [0.2, 0.25) is 0 Å². The first kappa shape index (κ1) is 25.0. The molecule has 0 N–H and O–H groups in total. The van der Waals surface area contributed by atoms with E-state index in [-0.39, 0.29) is 11.8 Å². The van der Waals surface area contributed by atoms with Crippen molar-refractivity contribution in [3.05, 3.63) is 71.8 Å². The predicted molar refractivity (Wildman–Crippen MR) is 142 cm³/mol. The van der Waals surface area contributed by atoms with E-state index in [2.05, 4.69) is 80.3 Å². The molecule has 0 atom stereocenters. The van der Waals surface area contributed by atoms with Crippen molar-refractivity contribution in [2.45, 2.75) is 38.8 Å². The molecule has 2 saturated heterocycles. The fourth-order valence-electron chi connectivity index (χ4n) is 6.04. The number of carbonyl (C=O) groups excluding carboxylic acids is 2. The first-order valence-electron chi connectivity index (χ1n) is 13.8. The highest BCUT2D eigenvalue weighted by molar-refractivity contribution is 5.81. The summed E-state index contributed by atoms with van der Waals surface area (Å²) in [5.74, 6) is 0.819. The van der Waals surface area contributed by atoms with E-state index >= 15 is 0 Å². The molecule has 3 aliphatic rings. The number of hydrogen-bond donors (Lipinski definition) is 0. The topological polar surface area (TPSA) is 47.1 Å². The van der Waals surface area contributed by atoms with Gasteiger partial charge in [0.2, 0.25) is 11.8 Å². The van der Waals surface area contributed by atoms with Crippen LogP contribution in [0.4, 0.5) is 0 Å². The van der Waals surface area contributed by atoms with Crippen molar-refractivity contribution in [3.63, 3.8) is 0 Å². The van der Waals surface area contributed by atoms with E-state index in [4.69, 9.17) is 0 Å². The van der Waals surface area contributed by atoms with Crippen molar-refractivity contribution in [2.75, 3.05) is 52.4 Å². The Labute approximate surface area is 215 Å². The van der Waals surface area contributed by atoms with Gasteiger partial charge in [-0.25, -0.2) is 0 Å². The van der Waals surface area contributed by atoms with E-state index in [0.29, 0.717) is 11.8 Å².